The van der Waals surface area contributed by atoms with E-state index in [1.807, 2.05) is 28.2 Å². The molecular formula is C14H30N2NiS4Zn. The van der Waals surface area contributed by atoms with Crippen molar-refractivity contribution in [2.24, 2.45) is 0 Å². The first-order valence-electron chi connectivity index (χ1n) is 7.47. The van der Waals surface area contributed by atoms with Crippen molar-refractivity contribution in [3.05, 3.63) is 0 Å². The zero-order valence-corrected chi connectivity index (χ0v) is 22.0. The van der Waals surface area contributed by atoms with Gasteiger partial charge in [-0.05, 0) is 0 Å². The molecule has 8 heteroatoms. The van der Waals surface area contributed by atoms with Crippen LogP contribution in [0.1, 0.15) is 39.5 Å². The molecule has 0 aliphatic carbocycles. The van der Waals surface area contributed by atoms with Gasteiger partial charge in [-0.15, -0.1) is 0 Å². The Morgan fingerprint density at radius 1 is 0.818 bits per heavy atom. The van der Waals surface area contributed by atoms with E-state index < -0.39 is 0 Å². The zero-order chi connectivity index (χ0) is 17.3. The summed E-state index contributed by atoms with van der Waals surface area (Å²) in [6.07, 6.45) is 5.86. The number of unbranched alkanes of at least 4 members (excludes halogenated alkanes) is 2. The minimum Gasteiger partial charge on any atom is -0.411 e. The van der Waals surface area contributed by atoms with Crippen molar-refractivity contribution >= 4 is 58.3 Å². The van der Waals surface area contributed by atoms with Gasteiger partial charge in [0.15, 0.2) is 0 Å². The Bertz CT molecular complexity index is 231. The quantitative estimate of drug-likeness (QED) is 0.242. The van der Waals surface area contributed by atoms with E-state index in [0.29, 0.717) is 8.64 Å². The van der Waals surface area contributed by atoms with Crippen LogP contribution < -0.4 is 0 Å². The SMILES string of the molecule is CCC[CH2][Zn][CH2]CCC.CN(C)C(=S)[S-].CN(C)C(=S)[S-].[Ni+2]. The molecule has 0 bridgehead atoms. The second-order valence-corrected chi connectivity index (χ2v) is 11.6. The Labute approximate surface area is 178 Å². The van der Waals surface area contributed by atoms with Crippen molar-refractivity contribution in [2.45, 2.75) is 49.6 Å². The van der Waals surface area contributed by atoms with Crippen LogP contribution >= 0.6 is 24.4 Å². The van der Waals surface area contributed by atoms with Gasteiger partial charge in [0.2, 0.25) is 0 Å². The van der Waals surface area contributed by atoms with Gasteiger partial charge in [-0.2, -0.15) is 0 Å². The molecule has 2 nitrogen and oxygen atoms in total. The van der Waals surface area contributed by atoms with Crippen LogP contribution in [0.2, 0.25) is 10.0 Å². The van der Waals surface area contributed by atoms with Crippen LogP contribution in [0.4, 0.5) is 0 Å². The van der Waals surface area contributed by atoms with Crippen LogP contribution in [-0.2, 0) is 58.9 Å². The van der Waals surface area contributed by atoms with Gasteiger partial charge in [-0.25, -0.2) is 0 Å². The third-order valence-electron chi connectivity index (χ3n) is 2.44. The third kappa shape index (κ3) is 37.5. The summed E-state index contributed by atoms with van der Waals surface area (Å²) < 4.78 is 1.02. The molecule has 0 fully saturated rings. The average molecular weight is 479 g/mol. The summed E-state index contributed by atoms with van der Waals surface area (Å²) >= 11 is 18.3. The van der Waals surface area contributed by atoms with Gasteiger partial charge < -0.3 is 59.5 Å². The minimum atomic E-state index is 0. The summed E-state index contributed by atoms with van der Waals surface area (Å²) in [6.45, 7) is 4.59. The molecule has 0 heterocycles. The maximum absolute atomic E-state index is 4.56. The summed E-state index contributed by atoms with van der Waals surface area (Å²) in [6, 6.07) is 0. The van der Waals surface area contributed by atoms with E-state index in [4.69, 9.17) is 0 Å². The van der Waals surface area contributed by atoms with Crippen LogP contribution in [0, 0.1) is 0 Å². The molecule has 0 atom stereocenters. The fraction of sp³-hybridized carbons (Fsp3) is 0.857. The molecule has 0 aliphatic heterocycles. The molecule has 0 saturated heterocycles. The van der Waals surface area contributed by atoms with Crippen molar-refractivity contribution in [3.63, 3.8) is 0 Å². The van der Waals surface area contributed by atoms with Crippen molar-refractivity contribution in [1.82, 2.24) is 9.80 Å². The maximum Gasteiger partial charge on any atom is 2.00 e. The van der Waals surface area contributed by atoms with E-state index in [1.165, 1.54) is 25.7 Å². The van der Waals surface area contributed by atoms with E-state index >= 15 is 0 Å². The first-order valence-corrected chi connectivity index (χ1v) is 13.3. The smallest absolute Gasteiger partial charge is 0.411 e. The van der Waals surface area contributed by atoms with Crippen molar-refractivity contribution in [2.75, 3.05) is 28.2 Å². The molecule has 0 spiro atoms. The molecule has 0 saturated carbocycles. The van der Waals surface area contributed by atoms with Crippen LogP contribution in [0.5, 0.6) is 0 Å². The van der Waals surface area contributed by atoms with Gasteiger partial charge in [0.1, 0.15) is 0 Å². The average Bonchev–Trinajstić information content (AvgIpc) is 2.40. The van der Waals surface area contributed by atoms with E-state index in [9.17, 15) is 0 Å². The van der Waals surface area contributed by atoms with Gasteiger partial charge in [0, 0.05) is 28.2 Å². The number of hydrogen-bond donors (Lipinski definition) is 0. The molecule has 0 aliphatic rings. The minimum absolute atomic E-state index is 0. The Hall–Kier alpha value is 1.34. The van der Waals surface area contributed by atoms with E-state index in [1.54, 1.807) is 19.8 Å². The maximum atomic E-state index is 4.56. The molecular weight excluding hydrogens is 449 g/mol. The molecule has 0 radical (unpaired) electrons. The van der Waals surface area contributed by atoms with Gasteiger partial charge in [0.25, 0.3) is 0 Å². The number of thiocarbonyl (C=S) groups is 2. The van der Waals surface area contributed by atoms with Gasteiger partial charge in [0.05, 0.1) is 0 Å². The van der Waals surface area contributed by atoms with Crippen molar-refractivity contribution in [3.8, 4) is 0 Å². The largest absolute Gasteiger partial charge is 2.00 e. The molecule has 0 aromatic rings. The summed E-state index contributed by atoms with van der Waals surface area (Å²) in [5.74, 6) is 0. The topological polar surface area (TPSA) is 6.48 Å². The van der Waals surface area contributed by atoms with E-state index in [-0.39, 0.29) is 33.6 Å². The molecule has 132 valence electrons. The fourth-order valence-corrected chi connectivity index (χ4v) is 5.35. The molecule has 0 aromatic heterocycles. The van der Waals surface area contributed by atoms with Gasteiger partial charge in [-0.1, -0.05) is 8.64 Å². The summed E-state index contributed by atoms with van der Waals surface area (Å²) in [4.78, 5) is 3.43. The Morgan fingerprint density at radius 2 is 1.05 bits per heavy atom. The number of rotatable bonds is 6. The molecule has 0 unspecified atom stereocenters. The zero-order valence-electron chi connectivity index (χ0n) is 14.8. The van der Waals surface area contributed by atoms with Crippen LogP contribution in [0.25, 0.3) is 0 Å². The summed E-state index contributed by atoms with van der Waals surface area (Å²) in [7, 11) is 7.31. The molecule has 0 aromatic carbocycles. The number of hydrogen-bond acceptors (Lipinski definition) is 4. The van der Waals surface area contributed by atoms with Gasteiger partial charge >= 0.3 is 83.2 Å². The third-order valence-corrected chi connectivity index (χ3v) is 8.09. The standard InChI is InChI=1S/2C4H9.2C3H7NS2.Ni.Zn/c2*1-3-4-2;2*1-4(2)3(5)6;;/h2*1,3-4H2,2H3;2*1-2H3,(H,5,6);;/q;;;;+2;/p-2. The van der Waals surface area contributed by atoms with Crippen LogP contribution in [-0.4, -0.2) is 46.6 Å². The Kier molecular flexibility index (Phi) is 34.8. The van der Waals surface area contributed by atoms with Gasteiger partial charge in [-0.3, -0.25) is 0 Å². The second kappa shape index (κ2) is 24.6. The van der Waals surface area contributed by atoms with Crippen molar-refractivity contribution < 1.29 is 33.6 Å². The first kappa shape index (κ1) is 31.1. The molecule has 0 N–H and O–H groups in total. The molecule has 0 amide bonds. The predicted octanol–water partition coefficient (Wildman–Crippen LogP) is 4.26. The number of nitrogens with zero attached hydrogens (tertiary/aromatic N) is 2. The first-order chi connectivity index (χ1) is 9.70. The molecule has 22 heavy (non-hydrogen) atoms. The Morgan fingerprint density at radius 3 is 1.18 bits per heavy atom. The van der Waals surface area contributed by atoms with Crippen LogP contribution in [0.3, 0.4) is 0 Å². The van der Waals surface area contributed by atoms with E-state index in [2.05, 4.69) is 63.5 Å². The normalized spacial score (nSPS) is 7.91. The van der Waals surface area contributed by atoms with Crippen molar-refractivity contribution in [1.29, 1.82) is 0 Å². The summed E-state index contributed by atoms with van der Waals surface area (Å²) in [5, 5.41) is 3.28. The van der Waals surface area contributed by atoms with Crippen LogP contribution in [0.15, 0.2) is 0 Å². The fourth-order valence-electron chi connectivity index (χ4n) is 1.03. The predicted molar refractivity (Wildman–Crippen MR) is 107 cm³/mol. The Balaban J connectivity index is -0.000000112. The monoisotopic (exact) mass is 476 g/mol. The molecule has 0 rings (SSSR count). The van der Waals surface area contributed by atoms with E-state index in [0.717, 1.165) is 0 Å². The second-order valence-electron chi connectivity index (χ2n) is 5.09. The summed E-state index contributed by atoms with van der Waals surface area (Å²) in [5.41, 5.74) is 0.